The van der Waals surface area contributed by atoms with E-state index in [0.717, 1.165) is 0 Å². The molecule has 0 amide bonds. The quantitative estimate of drug-likeness (QED) is 0.721. The van der Waals surface area contributed by atoms with Gasteiger partial charge in [0, 0.05) is 0 Å². The lowest BCUT2D eigenvalue weighted by Crippen LogP contribution is -1.97. The van der Waals surface area contributed by atoms with E-state index in [1.54, 1.807) is 12.3 Å². The summed E-state index contributed by atoms with van der Waals surface area (Å²) in [7, 11) is 1.51. The summed E-state index contributed by atoms with van der Waals surface area (Å²) in [6, 6.07) is 2.97. The number of rotatable bonds is 4. The van der Waals surface area contributed by atoms with Crippen LogP contribution in [0.4, 0.5) is 4.39 Å². The fraction of sp³-hybridized carbons (Fsp3) is 0.400. The largest absolute Gasteiger partial charge is 0.492 e. The third-order valence-electron chi connectivity index (χ3n) is 1.74. The van der Waals surface area contributed by atoms with Crippen LogP contribution in [0.15, 0.2) is 17.0 Å². The standard InChI is InChI=1S/C10H13FO2S/c1-4-13-8-6-5-7(11)10(14-3)9(8)12-2/h5-6H,4H2,1-3H3. The normalized spacial score (nSPS) is 10.0. The van der Waals surface area contributed by atoms with E-state index in [2.05, 4.69) is 0 Å². The van der Waals surface area contributed by atoms with Gasteiger partial charge in [0.25, 0.3) is 0 Å². The van der Waals surface area contributed by atoms with Gasteiger partial charge >= 0.3 is 0 Å². The van der Waals surface area contributed by atoms with Crippen LogP contribution in [0.2, 0.25) is 0 Å². The second kappa shape index (κ2) is 5.10. The van der Waals surface area contributed by atoms with Crippen molar-refractivity contribution in [3.63, 3.8) is 0 Å². The Balaban J connectivity index is 3.18. The minimum Gasteiger partial charge on any atom is -0.492 e. The summed E-state index contributed by atoms with van der Waals surface area (Å²) < 4.78 is 23.7. The number of methoxy groups -OCH3 is 1. The number of halogens is 1. The zero-order valence-electron chi connectivity index (χ0n) is 8.46. The van der Waals surface area contributed by atoms with Gasteiger partial charge in [-0.25, -0.2) is 4.39 Å². The molecule has 14 heavy (non-hydrogen) atoms. The molecule has 4 heteroatoms. The Bertz CT molecular complexity index is 315. The fourth-order valence-electron chi connectivity index (χ4n) is 1.17. The van der Waals surface area contributed by atoms with E-state index in [1.807, 2.05) is 6.92 Å². The molecule has 0 aliphatic carbocycles. The van der Waals surface area contributed by atoms with Crippen molar-refractivity contribution >= 4 is 11.8 Å². The van der Waals surface area contributed by atoms with Crippen LogP contribution in [0.1, 0.15) is 6.92 Å². The molecule has 0 spiro atoms. The summed E-state index contributed by atoms with van der Waals surface area (Å²) in [5.74, 6) is 0.776. The first-order valence-corrected chi connectivity index (χ1v) is 5.50. The van der Waals surface area contributed by atoms with Gasteiger partial charge in [0.1, 0.15) is 5.82 Å². The van der Waals surface area contributed by atoms with E-state index in [-0.39, 0.29) is 5.82 Å². The smallest absolute Gasteiger partial charge is 0.177 e. The molecule has 0 atom stereocenters. The maximum Gasteiger partial charge on any atom is 0.177 e. The molecule has 0 aliphatic rings. The van der Waals surface area contributed by atoms with Crippen LogP contribution in [-0.2, 0) is 0 Å². The van der Waals surface area contributed by atoms with E-state index in [9.17, 15) is 4.39 Å². The topological polar surface area (TPSA) is 18.5 Å². The van der Waals surface area contributed by atoms with E-state index in [4.69, 9.17) is 9.47 Å². The van der Waals surface area contributed by atoms with Gasteiger partial charge < -0.3 is 9.47 Å². The van der Waals surface area contributed by atoms with Crippen LogP contribution in [-0.4, -0.2) is 20.0 Å². The SMILES string of the molecule is CCOc1ccc(F)c(SC)c1OC. The Labute approximate surface area is 87.4 Å². The summed E-state index contributed by atoms with van der Waals surface area (Å²) in [5, 5.41) is 0. The third-order valence-corrected chi connectivity index (χ3v) is 2.52. The Kier molecular flexibility index (Phi) is 4.07. The van der Waals surface area contributed by atoms with Crippen molar-refractivity contribution in [2.45, 2.75) is 11.8 Å². The predicted octanol–water partition coefficient (Wildman–Crippen LogP) is 2.95. The van der Waals surface area contributed by atoms with Gasteiger partial charge in [-0.3, -0.25) is 0 Å². The molecular formula is C10H13FO2S. The third kappa shape index (κ3) is 2.12. The maximum atomic E-state index is 13.3. The van der Waals surface area contributed by atoms with Crippen LogP contribution >= 0.6 is 11.8 Å². The first kappa shape index (κ1) is 11.2. The molecule has 0 unspecified atom stereocenters. The van der Waals surface area contributed by atoms with Crippen molar-refractivity contribution in [3.8, 4) is 11.5 Å². The van der Waals surface area contributed by atoms with Crippen LogP contribution in [0.3, 0.4) is 0 Å². The zero-order valence-corrected chi connectivity index (χ0v) is 9.28. The molecule has 0 heterocycles. The minimum atomic E-state index is -0.280. The maximum absolute atomic E-state index is 13.3. The highest BCUT2D eigenvalue weighted by Gasteiger charge is 2.14. The monoisotopic (exact) mass is 216 g/mol. The van der Waals surface area contributed by atoms with Gasteiger partial charge in [0.05, 0.1) is 18.6 Å². The lowest BCUT2D eigenvalue weighted by Gasteiger charge is -2.12. The first-order valence-electron chi connectivity index (χ1n) is 4.27. The van der Waals surface area contributed by atoms with Crippen molar-refractivity contribution < 1.29 is 13.9 Å². The van der Waals surface area contributed by atoms with E-state index >= 15 is 0 Å². The summed E-state index contributed by atoms with van der Waals surface area (Å²) in [6.07, 6.45) is 1.80. The van der Waals surface area contributed by atoms with Crippen LogP contribution < -0.4 is 9.47 Å². The molecule has 0 aliphatic heterocycles. The average molecular weight is 216 g/mol. The Morgan fingerprint density at radius 3 is 2.64 bits per heavy atom. The first-order chi connectivity index (χ1) is 6.74. The lowest BCUT2D eigenvalue weighted by atomic mass is 10.3. The number of hydrogen-bond acceptors (Lipinski definition) is 3. The second-order valence-corrected chi connectivity index (χ2v) is 3.36. The zero-order chi connectivity index (χ0) is 10.6. The molecule has 1 aromatic rings. The van der Waals surface area contributed by atoms with Crippen molar-refractivity contribution in [1.82, 2.24) is 0 Å². The van der Waals surface area contributed by atoms with Gasteiger partial charge in [-0.15, -0.1) is 11.8 Å². The molecule has 0 N–H and O–H groups in total. The number of benzene rings is 1. The van der Waals surface area contributed by atoms with E-state index < -0.39 is 0 Å². The lowest BCUT2D eigenvalue weighted by molar-refractivity contribution is 0.304. The highest BCUT2D eigenvalue weighted by molar-refractivity contribution is 7.98. The number of thioether (sulfide) groups is 1. The van der Waals surface area contributed by atoms with Gasteiger partial charge in [-0.1, -0.05) is 0 Å². The summed E-state index contributed by atoms with van der Waals surface area (Å²) >= 11 is 1.31. The van der Waals surface area contributed by atoms with Gasteiger partial charge in [0.2, 0.25) is 0 Å². The Morgan fingerprint density at radius 1 is 1.43 bits per heavy atom. The molecule has 78 valence electrons. The molecule has 1 rings (SSSR count). The molecule has 0 saturated carbocycles. The van der Waals surface area contributed by atoms with E-state index in [1.165, 1.54) is 24.9 Å². The fourth-order valence-corrected chi connectivity index (χ4v) is 1.81. The van der Waals surface area contributed by atoms with Crippen LogP contribution in [0.25, 0.3) is 0 Å². The predicted molar refractivity (Wildman–Crippen MR) is 55.9 cm³/mol. The van der Waals surface area contributed by atoms with Crippen LogP contribution in [0.5, 0.6) is 11.5 Å². The molecule has 2 nitrogen and oxygen atoms in total. The van der Waals surface area contributed by atoms with Gasteiger partial charge in [-0.05, 0) is 25.3 Å². The molecular weight excluding hydrogens is 203 g/mol. The summed E-state index contributed by atoms with van der Waals surface area (Å²) in [6.45, 7) is 2.41. The highest BCUT2D eigenvalue weighted by atomic mass is 32.2. The Hall–Kier alpha value is -0.900. The molecule has 0 fully saturated rings. The number of ether oxygens (including phenoxy) is 2. The molecule has 0 bridgehead atoms. The van der Waals surface area contributed by atoms with Crippen molar-refractivity contribution in [1.29, 1.82) is 0 Å². The van der Waals surface area contributed by atoms with Crippen molar-refractivity contribution in [2.75, 3.05) is 20.0 Å². The van der Waals surface area contributed by atoms with Crippen LogP contribution in [0, 0.1) is 5.82 Å². The van der Waals surface area contributed by atoms with Gasteiger partial charge in [0.15, 0.2) is 11.5 Å². The van der Waals surface area contributed by atoms with Gasteiger partial charge in [-0.2, -0.15) is 0 Å². The molecule has 0 radical (unpaired) electrons. The average Bonchev–Trinajstić information content (AvgIpc) is 2.20. The summed E-state index contributed by atoms with van der Waals surface area (Å²) in [4.78, 5) is 0.485. The molecule has 0 saturated heterocycles. The van der Waals surface area contributed by atoms with E-state index in [0.29, 0.717) is 23.0 Å². The number of hydrogen-bond donors (Lipinski definition) is 0. The molecule has 1 aromatic carbocycles. The van der Waals surface area contributed by atoms with Crippen molar-refractivity contribution in [3.05, 3.63) is 17.9 Å². The highest BCUT2D eigenvalue weighted by Crippen LogP contribution is 2.38. The minimum absolute atomic E-state index is 0.280. The van der Waals surface area contributed by atoms with Crippen molar-refractivity contribution in [2.24, 2.45) is 0 Å². The Morgan fingerprint density at radius 2 is 2.14 bits per heavy atom. The summed E-state index contributed by atoms with van der Waals surface area (Å²) in [5.41, 5.74) is 0. The molecule has 0 aromatic heterocycles. The second-order valence-electron chi connectivity index (χ2n) is 2.55.